The van der Waals surface area contributed by atoms with Gasteiger partial charge in [-0.25, -0.2) is 4.98 Å². The van der Waals surface area contributed by atoms with Crippen LogP contribution in [0, 0.1) is 0 Å². The van der Waals surface area contributed by atoms with Crippen molar-refractivity contribution in [2.24, 2.45) is 0 Å². The summed E-state index contributed by atoms with van der Waals surface area (Å²) < 4.78 is 2.41. The molecule has 74 valence electrons. The van der Waals surface area contributed by atoms with Gasteiger partial charge in [-0.1, -0.05) is 33.0 Å². The Morgan fingerprint density at radius 3 is 2.62 bits per heavy atom. The summed E-state index contributed by atoms with van der Waals surface area (Å²) in [4.78, 5) is 4.42. The van der Waals surface area contributed by atoms with Crippen LogP contribution in [0.5, 0.6) is 0 Å². The fourth-order valence-corrected chi connectivity index (χ4v) is 2.92. The number of rotatable bonds is 4. The third-order valence-electron chi connectivity index (χ3n) is 2.19. The highest BCUT2D eigenvalue weighted by Gasteiger charge is 2.18. The molecular formula is C10H20N2Si. The van der Waals surface area contributed by atoms with E-state index in [1.165, 1.54) is 18.7 Å². The maximum Gasteiger partial charge on any atom is 0.154 e. The van der Waals surface area contributed by atoms with E-state index in [9.17, 15) is 0 Å². The first-order chi connectivity index (χ1) is 6.05. The van der Waals surface area contributed by atoms with Crippen molar-refractivity contribution < 1.29 is 0 Å². The maximum absolute atomic E-state index is 4.42. The molecule has 0 aromatic carbocycles. The third-order valence-corrected chi connectivity index (χ3v) is 4.05. The Labute approximate surface area is 82.1 Å². The number of imidazole rings is 1. The smallest absolute Gasteiger partial charge is 0.154 e. The largest absolute Gasteiger partial charge is 0.363 e. The molecule has 1 aromatic heterocycles. The molecule has 0 aliphatic rings. The van der Waals surface area contributed by atoms with E-state index in [0.29, 0.717) is 0 Å². The van der Waals surface area contributed by atoms with Crippen LogP contribution in [0.3, 0.4) is 0 Å². The van der Waals surface area contributed by atoms with Crippen molar-refractivity contribution in [3.05, 3.63) is 18.2 Å². The van der Waals surface area contributed by atoms with Gasteiger partial charge in [-0.3, -0.25) is 0 Å². The van der Waals surface area contributed by atoms with E-state index in [1.807, 2.05) is 6.20 Å². The van der Waals surface area contributed by atoms with Gasteiger partial charge in [-0.15, -0.1) is 0 Å². The second-order valence-corrected chi connectivity index (χ2v) is 9.31. The molecular weight excluding hydrogens is 176 g/mol. The van der Waals surface area contributed by atoms with E-state index < -0.39 is 8.24 Å². The van der Waals surface area contributed by atoms with Gasteiger partial charge in [0.2, 0.25) is 0 Å². The Morgan fingerprint density at radius 1 is 1.38 bits per heavy atom. The molecule has 13 heavy (non-hydrogen) atoms. The van der Waals surface area contributed by atoms with Crippen molar-refractivity contribution in [2.45, 2.75) is 45.8 Å². The van der Waals surface area contributed by atoms with Crippen molar-refractivity contribution in [3.8, 4) is 0 Å². The standard InChI is InChI=1S/C10H20N2Si/c1-5-6-7-10-11-8-9-12(10)13(2,3)4/h8-9H,5-7H2,1-4H3. The van der Waals surface area contributed by atoms with Crippen LogP contribution in [-0.4, -0.2) is 17.5 Å². The molecule has 0 amide bonds. The van der Waals surface area contributed by atoms with Gasteiger partial charge in [0.15, 0.2) is 8.24 Å². The first kappa shape index (κ1) is 10.5. The van der Waals surface area contributed by atoms with Crippen LogP contribution >= 0.6 is 0 Å². The molecule has 0 aliphatic carbocycles. The molecule has 1 aromatic rings. The van der Waals surface area contributed by atoms with Crippen molar-refractivity contribution in [1.82, 2.24) is 9.22 Å². The molecule has 0 radical (unpaired) electrons. The van der Waals surface area contributed by atoms with E-state index in [-0.39, 0.29) is 0 Å². The maximum atomic E-state index is 4.42. The van der Waals surface area contributed by atoms with Gasteiger partial charge < -0.3 is 4.23 Å². The molecule has 3 heteroatoms. The molecule has 0 saturated carbocycles. The van der Waals surface area contributed by atoms with Gasteiger partial charge in [-0.05, 0) is 6.42 Å². The van der Waals surface area contributed by atoms with Crippen LogP contribution in [0.15, 0.2) is 12.4 Å². The predicted molar refractivity (Wildman–Crippen MR) is 59.6 cm³/mol. The molecule has 0 fully saturated rings. The highest BCUT2D eigenvalue weighted by Crippen LogP contribution is 2.11. The van der Waals surface area contributed by atoms with Gasteiger partial charge in [0, 0.05) is 18.8 Å². The lowest BCUT2D eigenvalue weighted by molar-refractivity contribution is 0.747. The van der Waals surface area contributed by atoms with E-state index in [2.05, 4.69) is 42.0 Å². The number of hydrogen-bond donors (Lipinski definition) is 0. The van der Waals surface area contributed by atoms with Crippen molar-refractivity contribution in [1.29, 1.82) is 0 Å². The SMILES string of the molecule is CCCCc1nccn1[Si](C)(C)C. The Kier molecular flexibility index (Phi) is 3.31. The van der Waals surface area contributed by atoms with Crippen LogP contribution in [0.25, 0.3) is 0 Å². The second-order valence-electron chi connectivity index (χ2n) is 4.49. The highest BCUT2D eigenvalue weighted by atomic mass is 28.3. The number of aryl methyl sites for hydroxylation is 1. The summed E-state index contributed by atoms with van der Waals surface area (Å²) in [5, 5.41) is 0. The molecule has 0 N–H and O–H groups in total. The minimum Gasteiger partial charge on any atom is -0.363 e. The monoisotopic (exact) mass is 196 g/mol. The Bertz CT molecular complexity index is 260. The van der Waals surface area contributed by atoms with Crippen LogP contribution in [-0.2, 0) is 6.42 Å². The molecule has 1 rings (SSSR count). The minimum absolute atomic E-state index is 1.13. The summed E-state index contributed by atoms with van der Waals surface area (Å²) in [7, 11) is -1.22. The molecule has 0 bridgehead atoms. The molecule has 0 atom stereocenters. The molecule has 0 unspecified atom stereocenters. The van der Waals surface area contributed by atoms with Crippen molar-refractivity contribution in [2.75, 3.05) is 0 Å². The minimum atomic E-state index is -1.22. The topological polar surface area (TPSA) is 17.8 Å². The lowest BCUT2D eigenvalue weighted by Gasteiger charge is -2.20. The highest BCUT2D eigenvalue weighted by molar-refractivity contribution is 6.74. The summed E-state index contributed by atoms with van der Waals surface area (Å²) >= 11 is 0. The first-order valence-corrected chi connectivity index (χ1v) is 8.53. The zero-order valence-corrected chi connectivity index (χ0v) is 10.2. The molecule has 0 aliphatic heterocycles. The van der Waals surface area contributed by atoms with Gasteiger partial charge in [0.05, 0.1) is 0 Å². The third kappa shape index (κ3) is 2.69. The van der Waals surface area contributed by atoms with Crippen molar-refractivity contribution >= 4 is 8.24 Å². The molecule has 1 heterocycles. The second kappa shape index (κ2) is 4.09. The Morgan fingerprint density at radius 2 is 2.08 bits per heavy atom. The molecule has 0 saturated heterocycles. The molecule has 0 spiro atoms. The van der Waals surface area contributed by atoms with Crippen LogP contribution in [0.2, 0.25) is 19.6 Å². The first-order valence-electron chi connectivity index (χ1n) is 5.08. The fourth-order valence-electron chi connectivity index (χ4n) is 1.46. The van der Waals surface area contributed by atoms with Gasteiger partial charge in [0.1, 0.15) is 5.82 Å². The summed E-state index contributed by atoms with van der Waals surface area (Å²) in [5.41, 5.74) is 0. The van der Waals surface area contributed by atoms with E-state index in [0.717, 1.165) is 6.42 Å². The van der Waals surface area contributed by atoms with Gasteiger partial charge in [-0.2, -0.15) is 0 Å². The zero-order chi connectivity index (χ0) is 9.90. The lowest BCUT2D eigenvalue weighted by Crippen LogP contribution is -2.33. The number of aromatic nitrogens is 2. The normalized spacial score (nSPS) is 12.0. The predicted octanol–water partition coefficient (Wildman–Crippen LogP) is 2.91. The fraction of sp³-hybridized carbons (Fsp3) is 0.700. The zero-order valence-electron chi connectivity index (χ0n) is 9.17. The summed E-state index contributed by atoms with van der Waals surface area (Å²) in [6, 6.07) is 0. The average Bonchev–Trinajstić information content (AvgIpc) is 2.47. The number of unbranched alkanes of at least 4 members (excludes halogenated alkanes) is 1. The van der Waals surface area contributed by atoms with Crippen molar-refractivity contribution in [3.63, 3.8) is 0 Å². The molecule has 2 nitrogen and oxygen atoms in total. The number of nitrogens with zero attached hydrogens (tertiary/aromatic N) is 2. The Balaban J connectivity index is 2.77. The van der Waals surface area contributed by atoms with Crippen LogP contribution in [0.4, 0.5) is 0 Å². The van der Waals surface area contributed by atoms with Gasteiger partial charge >= 0.3 is 0 Å². The lowest BCUT2D eigenvalue weighted by atomic mass is 10.2. The summed E-state index contributed by atoms with van der Waals surface area (Å²) in [5.74, 6) is 1.28. The van der Waals surface area contributed by atoms with E-state index >= 15 is 0 Å². The summed E-state index contributed by atoms with van der Waals surface area (Å²) in [6.07, 6.45) is 7.70. The number of hydrogen-bond acceptors (Lipinski definition) is 1. The van der Waals surface area contributed by atoms with Gasteiger partial charge in [0.25, 0.3) is 0 Å². The van der Waals surface area contributed by atoms with Crippen LogP contribution in [0.1, 0.15) is 25.6 Å². The average molecular weight is 196 g/mol. The van der Waals surface area contributed by atoms with E-state index in [1.54, 1.807) is 0 Å². The quantitative estimate of drug-likeness (QED) is 0.677. The van der Waals surface area contributed by atoms with Crippen LogP contribution < -0.4 is 0 Å². The summed E-state index contributed by atoms with van der Waals surface area (Å²) in [6.45, 7) is 9.28. The Hall–Kier alpha value is -0.573. The van der Waals surface area contributed by atoms with E-state index in [4.69, 9.17) is 0 Å².